The maximum Gasteiger partial charge on any atom is 0.147 e. The Kier molecular flexibility index (Phi) is 7.52. The average molecular weight is 499 g/mol. The fourth-order valence-electron chi connectivity index (χ4n) is 3.08. The fourth-order valence-corrected chi connectivity index (χ4v) is 4.59. The minimum Gasteiger partial charge on any atom is -0.492 e. The lowest BCUT2D eigenvalue weighted by Crippen LogP contribution is -2.41. The molecular formula is C20H25Br2N3O2. The van der Waals surface area contributed by atoms with Crippen molar-refractivity contribution >= 4 is 37.7 Å². The first-order chi connectivity index (χ1) is 13.1. The van der Waals surface area contributed by atoms with Gasteiger partial charge in [0, 0.05) is 32.4 Å². The van der Waals surface area contributed by atoms with Gasteiger partial charge in [-0.15, -0.1) is 0 Å². The van der Waals surface area contributed by atoms with Crippen LogP contribution >= 0.6 is 31.9 Å². The zero-order valence-electron chi connectivity index (χ0n) is 15.7. The van der Waals surface area contributed by atoms with Crippen LogP contribution in [0.15, 0.2) is 39.4 Å². The summed E-state index contributed by atoms with van der Waals surface area (Å²) in [5.74, 6) is 1.87. The molecule has 3 rings (SSSR count). The van der Waals surface area contributed by atoms with Gasteiger partial charge in [-0.3, -0.25) is 0 Å². The van der Waals surface area contributed by atoms with Crippen molar-refractivity contribution in [1.29, 1.82) is 0 Å². The molecule has 27 heavy (non-hydrogen) atoms. The SMILES string of the molecule is CCOc1c(Br)cc(CNCc2ccc(N3CCOC(C)C3)nc2)cc1Br. The smallest absolute Gasteiger partial charge is 0.147 e. The van der Waals surface area contributed by atoms with E-state index in [1.807, 2.05) is 13.1 Å². The topological polar surface area (TPSA) is 46.6 Å². The van der Waals surface area contributed by atoms with Crippen molar-refractivity contribution in [2.24, 2.45) is 0 Å². The van der Waals surface area contributed by atoms with Gasteiger partial charge >= 0.3 is 0 Å². The first kappa shape index (κ1) is 20.6. The quantitative estimate of drug-likeness (QED) is 0.608. The van der Waals surface area contributed by atoms with Crippen LogP contribution in [0.5, 0.6) is 5.75 Å². The lowest BCUT2D eigenvalue weighted by atomic mass is 10.2. The average Bonchev–Trinajstić information content (AvgIpc) is 2.65. The molecule has 2 aromatic rings. The van der Waals surface area contributed by atoms with E-state index >= 15 is 0 Å². The molecule has 1 unspecified atom stereocenters. The van der Waals surface area contributed by atoms with Gasteiger partial charge in [-0.25, -0.2) is 4.98 Å². The van der Waals surface area contributed by atoms with E-state index in [0.717, 1.165) is 53.3 Å². The Morgan fingerprint density at radius 2 is 1.96 bits per heavy atom. The predicted molar refractivity (Wildman–Crippen MR) is 115 cm³/mol. The molecule has 1 atom stereocenters. The van der Waals surface area contributed by atoms with E-state index in [4.69, 9.17) is 9.47 Å². The number of hydrogen-bond donors (Lipinski definition) is 1. The predicted octanol–water partition coefficient (Wildman–Crippen LogP) is 4.52. The second-order valence-electron chi connectivity index (χ2n) is 6.58. The lowest BCUT2D eigenvalue weighted by Gasteiger charge is -2.32. The summed E-state index contributed by atoms with van der Waals surface area (Å²) in [4.78, 5) is 6.90. The van der Waals surface area contributed by atoms with E-state index < -0.39 is 0 Å². The van der Waals surface area contributed by atoms with E-state index in [1.165, 1.54) is 11.1 Å². The number of rotatable bonds is 7. The molecule has 2 heterocycles. The maximum atomic E-state index is 5.63. The zero-order chi connectivity index (χ0) is 19.2. The summed E-state index contributed by atoms with van der Waals surface area (Å²) in [5, 5.41) is 3.47. The molecule has 1 fully saturated rings. The molecule has 0 spiro atoms. The van der Waals surface area contributed by atoms with Crippen molar-refractivity contribution in [1.82, 2.24) is 10.3 Å². The number of halogens is 2. The molecule has 0 amide bonds. The molecule has 0 aliphatic carbocycles. The van der Waals surface area contributed by atoms with Crippen LogP contribution in [0.1, 0.15) is 25.0 Å². The van der Waals surface area contributed by atoms with Crippen LogP contribution in [0.3, 0.4) is 0 Å². The molecule has 146 valence electrons. The van der Waals surface area contributed by atoms with Gasteiger partial charge in [0.05, 0.1) is 28.3 Å². The van der Waals surface area contributed by atoms with Gasteiger partial charge < -0.3 is 19.7 Å². The van der Waals surface area contributed by atoms with Crippen molar-refractivity contribution in [2.45, 2.75) is 33.0 Å². The minimum absolute atomic E-state index is 0.259. The summed E-state index contributed by atoms with van der Waals surface area (Å²) >= 11 is 7.16. The Bertz CT molecular complexity index is 732. The molecule has 0 radical (unpaired) electrons. The highest BCUT2D eigenvalue weighted by Crippen LogP contribution is 2.34. The molecule has 1 N–H and O–H groups in total. The number of morpholine rings is 1. The van der Waals surface area contributed by atoms with Gasteiger partial charge in [-0.2, -0.15) is 0 Å². The third-order valence-corrected chi connectivity index (χ3v) is 5.56. The van der Waals surface area contributed by atoms with Crippen LogP contribution in [0.25, 0.3) is 0 Å². The molecule has 1 saturated heterocycles. The fraction of sp³-hybridized carbons (Fsp3) is 0.450. The van der Waals surface area contributed by atoms with Crippen molar-refractivity contribution in [3.63, 3.8) is 0 Å². The molecule has 1 aliphatic rings. The van der Waals surface area contributed by atoms with E-state index in [9.17, 15) is 0 Å². The number of ether oxygens (including phenoxy) is 2. The summed E-state index contributed by atoms with van der Waals surface area (Å²) in [6.07, 6.45) is 2.21. The zero-order valence-corrected chi connectivity index (χ0v) is 18.8. The molecule has 0 bridgehead atoms. The Morgan fingerprint density at radius 3 is 2.59 bits per heavy atom. The number of nitrogens with one attached hydrogen (secondary N) is 1. The van der Waals surface area contributed by atoms with E-state index in [0.29, 0.717) is 6.61 Å². The maximum absolute atomic E-state index is 5.63. The van der Waals surface area contributed by atoms with Crippen molar-refractivity contribution in [3.05, 3.63) is 50.5 Å². The number of aromatic nitrogens is 1. The number of nitrogens with zero attached hydrogens (tertiary/aromatic N) is 2. The van der Waals surface area contributed by atoms with Gasteiger partial charge in [0.25, 0.3) is 0 Å². The Labute approximate surface area is 177 Å². The summed E-state index contributed by atoms with van der Waals surface area (Å²) in [5.41, 5.74) is 2.35. The summed E-state index contributed by atoms with van der Waals surface area (Å²) < 4.78 is 13.1. The van der Waals surface area contributed by atoms with Crippen LogP contribution in [-0.4, -0.2) is 37.4 Å². The van der Waals surface area contributed by atoms with Crippen molar-refractivity contribution in [2.75, 3.05) is 31.2 Å². The minimum atomic E-state index is 0.259. The Morgan fingerprint density at radius 1 is 1.22 bits per heavy atom. The molecule has 0 saturated carbocycles. The van der Waals surface area contributed by atoms with E-state index in [1.54, 1.807) is 0 Å². The molecule has 1 aromatic carbocycles. The number of hydrogen-bond acceptors (Lipinski definition) is 5. The van der Waals surface area contributed by atoms with E-state index in [2.05, 4.69) is 78.2 Å². The molecular weight excluding hydrogens is 474 g/mol. The third kappa shape index (κ3) is 5.67. The first-order valence-corrected chi connectivity index (χ1v) is 10.8. The van der Waals surface area contributed by atoms with Crippen LogP contribution in [0, 0.1) is 0 Å². The Balaban J connectivity index is 1.53. The summed E-state index contributed by atoms with van der Waals surface area (Å²) in [7, 11) is 0. The van der Waals surface area contributed by atoms with Gasteiger partial charge in [-0.05, 0) is 75.0 Å². The highest BCUT2D eigenvalue weighted by Gasteiger charge is 2.17. The summed E-state index contributed by atoms with van der Waals surface area (Å²) in [6, 6.07) is 8.41. The van der Waals surface area contributed by atoms with Crippen LogP contribution in [0.4, 0.5) is 5.82 Å². The normalized spacial score (nSPS) is 17.2. The monoisotopic (exact) mass is 497 g/mol. The van der Waals surface area contributed by atoms with Gasteiger partial charge in [-0.1, -0.05) is 6.07 Å². The highest BCUT2D eigenvalue weighted by atomic mass is 79.9. The third-order valence-electron chi connectivity index (χ3n) is 4.38. The highest BCUT2D eigenvalue weighted by molar-refractivity contribution is 9.11. The van der Waals surface area contributed by atoms with Crippen molar-refractivity contribution in [3.8, 4) is 5.75 Å². The molecule has 1 aliphatic heterocycles. The molecule has 7 heteroatoms. The van der Waals surface area contributed by atoms with Gasteiger partial charge in [0.1, 0.15) is 11.6 Å². The second-order valence-corrected chi connectivity index (χ2v) is 8.29. The molecule has 5 nitrogen and oxygen atoms in total. The number of benzene rings is 1. The second kappa shape index (κ2) is 9.87. The van der Waals surface area contributed by atoms with Crippen LogP contribution < -0.4 is 15.0 Å². The lowest BCUT2D eigenvalue weighted by molar-refractivity contribution is 0.0529. The Hall–Kier alpha value is -1.15. The van der Waals surface area contributed by atoms with Crippen LogP contribution in [0.2, 0.25) is 0 Å². The van der Waals surface area contributed by atoms with Crippen LogP contribution in [-0.2, 0) is 17.8 Å². The van der Waals surface area contributed by atoms with Gasteiger partial charge in [0.2, 0.25) is 0 Å². The number of pyridine rings is 1. The first-order valence-electron chi connectivity index (χ1n) is 9.19. The largest absolute Gasteiger partial charge is 0.492 e. The standard InChI is InChI=1S/C20H25Br2N3O2/c1-3-26-20-17(21)8-16(9-18(20)22)11-23-10-15-4-5-19(24-12-15)25-6-7-27-14(2)13-25/h4-5,8-9,12,14,23H,3,6-7,10-11,13H2,1-2H3. The van der Waals surface area contributed by atoms with Gasteiger partial charge in [0.15, 0.2) is 0 Å². The summed E-state index contributed by atoms with van der Waals surface area (Å²) in [6.45, 7) is 8.82. The molecule has 1 aromatic heterocycles. The van der Waals surface area contributed by atoms with E-state index in [-0.39, 0.29) is 6.10 Å². The van der Waals surface area contributed by atoms with Crippen molar-refractivity contribution < 1.29 is 9.47 Å². The number of anilines is 1.